The van der Waals surface area contributed by atoms with Gasteiger partial charge in [-0.15, -0.1) is 0 Å². The molecule has 2 aliphatic rings. The average molecular weight is 311 g/mol. The van der Waals surface area contributed by atoms with Crippen LogP contribution < -0.4 is 4.74 Å². The van der Waals surface area contributed by atoms with Crippen LogP contribution in [0.4, 0.5) is 0 Å². The van der Waals surface area contributed by atoms with Crippen molar-refractivity contribution in [1.29, 1.82) is 0 Å². The Hall–Kier alpha value is -0.540. The molecule has 0 amide bonds. The minimum Gasteiger partial charge on any atom is -0.487 e. The van der Waals surface area contributed by atoms with Gasteiger partial charge < -0.3 is 9.84 Å². The summed E-state index contributed by atoms with van der Waals surface area (Å²) in [6.45, 7) is 2.14. The highest BCUT2D eigenvalue weighted by atomic mass is 79.9. The molecule has 0 spiro atoms. The van der Waals surface area contributed by atoms with Crippen molar-refractivity contribution in [3.05, 3.63) is 28.2 Å². The van der Waals surface area contributed by atoms with E-state index in [0.717, 1.165) is 28.1 Å². The summed E-state index contributed by atoms with van der Waals surface area (Å²) in [5.74, 6) is 1.64. The molecule has 98 valence electrons. The van der Waals surface area contributed by atoms with Crippen LogP contribution in [0.1, 0.15) is 50.7 Å². The topological polar surface area (TPSA) is 29.5 Å². The van der Waals surface area contributed by atoms with Gasteiger partial charge in [0, 0.05) is 16.5 Å². The number of aliphatic hydroxyl groups excluding tert-OH is 1. The molecule has 2 atom stereocenters. The second-order valence-electron chi connectivity index (χ2n) is 5.96. The van der Waals surface area contributed by atoms with Crippen molar-refractivity contribution < 1.29 is 9.84 Å². The molecular weight excluding hydrogens is 292 g/mol. The summed E-state index contributed by atoms with van der Waals surface area (Å²) in [5, 5.41) is 10.3. The second kappa shape index (κ2) is 4.53. The predicted molar refractivity (Wildman–Crippen MR) is 74.7 cm³/mol. The van der Waals surface area contributed by atoms with Crippen molar-refractivity contribution in [3.8, 4) is 5.75 Å². The fourth-order valence-corrected chi connectivity index (χ4v) is 3.51. The van der Waals surface area contributed by atoms with E-state index in [4.69, 9.17) is 4.74 Å². The molecule has 1 saturated carbocycles. The van der Waals surface area contributed by atoms with Crippen molar-refractivity contribution in [1.82, 2.24) is 0 Å². The van der Waals surface area contributed by atoms with Gasteiger partial charge in [0.1, 0.15) is 11.4 Å². The third-order valence-corrected chi connectivity index (χ3v) is 4.75. The summed E-state index contributed by atoms with van der Waals surface area (Å²) in [5.41, 5.74) is 0.709. The van der Waals surface area contributed by atoms with Crippen LogP contribution in [0.3, 0.4) is 0 Å². The normalized spacial score (nSPS) is 31.4. The molecule has 2 unspecified atom stereocenters. The first-order valence-corrected chi connectivity index (χ1v) is 7.52. The van der Waals surface area contributed by atoms with E-state index in [1.165, 1.54) is 19.3 Å². The Kier molecular flexibility index (Phi) is 3.15. The van der Waals surface area contributed by atoms with Gasteiger partial charge in [0.25, 0.3) is 0 Å². The maximum atomic E-state index is 10.3. The van der Waals surface area contributed by atoms with Crippen LogP contribution in [0.25, 0.3) is 0 Å². The lowest BCUT2D eigenvalue weighted by Crippen LogP contribution is -2.41. The molecule has 3 heteroatoms. The van der Waals surface area contributed by atoms with Crippen LogP contribution in [0.5, 0.6) is 5.75 Å². The number of rotatable bonds is 2. The number of fused-ring (bicyclic) bond motifs is 1. The highest BCUT2D eigenvalue weighted by Crippen LogP contribution is 2.45. The van der Waals surface area contributed by atoms with Crippen LogP contribution in [-0.4, -0.2) is 10.7 Å². The van der Waals surface area contributed by atoms with E-state index in [2.05, 4.69) is 22.9 Å². The standard InChI is InChI=1S/C15H19BrO2/c1-15(8-10-3-2-4-10)9-13(17)12-7-11(16)5-6-14(12)18-15/h5-7,10,13,17H,2-4,8-9H2,1H3. The van der Waals surface area contributed by atoms with Gasteiger partial charge >= 0.3 is 0 Å². The molecule has 0 saturated heterocycles. The Bertz CT molecular complexity index is 456. The van der Waals surface area contributed by atoms with Gasteiger partial charge in [0.05, 0.1) is 6.10 Å². The van der Waals surface area contributed by atoms with E-state index in [1.807, 2.05) is 18.2 Å². The maximum Gasteiger partial charge on any atom is 0.126 e. The van der Waals surface area contributed by atoms with Crippen LogP contribution in [0.2, 0.25) is 0 Å². The monoisotopic (exact) mass is 310 g/mol. The SMILES string of the molecule is CC1(CC2CCC2)CC(O)c2cc(Br)ccc2O1. The lowest BCUT2D eigenvalue weighted by Gasteiger charge is -2.42. The smallest absolute Gasteiger partial charge is 0.126 e. The lowest BCUT2D eigenvalue weighted by atomic mass is 9.75. The van der Waals surface area contributed by atoms with Crippen molar-refractivity contribution in [2.24, 2.45) is 5.92 Å². The lowest BCUT2D eigenvalue weighted by molar-refractivity contribution is -0.0248. The van der Waals surface area contributed by atoms with Crippen molar-refractivity contribution in [3.63, 3.8) is 0 Å². The molecule has 1 aromatic carbocycles. The molecule has 1 heterocycles. The van der Waals surface area contributed by atoms with Gasteiger partial charge in [-0.05, 0) is 37.5 Å². The minimum absolute atomic E-state index is 0.203. The number of aliphatic hydroxyl groups is 1. The van der Waals surface area contributed by atoms with Crippen molar-refractivity contribution in [2.45, 2.75) is 50.7 Å². The Morgan fingerprint density at radius 1 is 1.44 bits per heavy atom. The Labute approximate surface area is 116 Å². The largest absolute Gasteiger partial charge is 0.487 e. The molecule has 0 radical (unpaired) electrons. The van der Waals surface area contributed by atoms with E-state index in [0.29, 0.717) is 6.42 Å². The van der Waals surface area contributed by atoms with E-state index < -0.39 is 6.10 Å². The second-order valence-corrected chi connectivity index (χ2v) is 6.87. The van der Waals surface area contributed by atoms with Crippen molar-refractivity contribution >= 4 is 15.9 Å². The first kappa shape index (κ1) is 12.5. The molecule has 1 fully saturated rings. The molecule has 0 aromatic heterocycles. The fourth-order valence-electron chi connectivity index (χ4n) is 3.13. The Balaban J connectivity index is 1.83. The molecule has 1 aliphatic heterocycles. The molecule has 3 rings (SSSR count). The summed E-state index contributed by atoms with van der Waals surface area (Å²) in [4.78, 5) is 0. The third-order valence-electron chi connectivity index (χ3n) is 4.26. The van der Waals surface area contributed by atoms with Crippen LogP contribution in [0.15, 0.2) is 22.7 Å². The van der Waals surface area contributed by atoms with Gasteiger partial charge in [-0.25, -0.2) is 0 Å². The zero-order valence-corrected chi connectivity index (χ0v) is 12.2. The summed E-state index contributed by atoms with van der Waals surface area (Å²) in [7, 11) is 0. The first-order valence-electron chi connectivity index (χ1n) is 6.72. The fraction of sp³-hybridized carbons (Fsp3) is 0.600. The molecule has 0 bridgehead atoms. The van der Waals surface area contributed by atoms with Gasteiger partial charge in [-0.1, -0.05) is 35.2 Å². The number of hydrogen-bond acceptors (Lipinski definition) is 2. The molecule has 1 N–H and O–H groups in total. The minimum atomic E-state index is -0.406. The number of ether oxygens (including phenoxy) is 1. The number of hydrogen-bond donors (Lipinski definition) is 1. The zero-order chi connectivity index (χ0) is 12.8. The number of halogens is 1. The van der Waals surface area contributed by atoms with Gasteiger partial charge in [0.2, 0.25) is 0 Å². The average Bonchev–Trinajstić information content (AvgIpc) is 2.25. The number of benzene rings is 1. The summed E-state index contributed by atoms with van der Waals surface area (Å²) >= 11 is 3.44. The third kappa shape index (κ3) is 2.30. The Morgan fingerprint density at radius 3 is 2.89 bits per heavy atom. The van der Waals surface area contributed by atoms with Gasteiger partial charge in [0.15, 0.2) is 0 Å². The zero-order valence-electron chi connectivity index (χ0n) is 10.7. The van der Waals surface area contributed by atoms with E-state index in [-0.39, 0.29) is 5.60 Å². The molecular formula is C15H19BrO2. The first-order chi connectivity index (χ1) is 8.56. The van der Waals surface area contributed by atoms with Crippen LogP contribution in [-0.2, 0) is 0 Å². The van der Waals surface area contributed by atoms with Crippen LogP contribution in [0, 0.1) is 5.92 Å². The van der Waals surface area contributed by atoms with Crippen molar-refractivity contribution in [2.75, 3.05) is 0 Å². The summed E-state index contributed by atoms with van der Waals surface area (Å²) in [6.07, 6.45) is 5.36. The highest BCUT2D eigenvalue weighted by molar-refractivity contribution is 9.10. The van der Waals surface area contributed by atoms with Gasteiger partial charge in [-0.2, -0.15) is 0 Å². The van der Waals surface area contributed by atoms with Crippen LogP contribution >= 0.6 is 15.9 Å². The summed E-state index contributed by atoms with van der Waals surface area (Å²) in [6, 6.07) is 5.89. The highest BCUT2D eigenvalue weighted by Gasteiger charge is 2.39. The predicted octanol–water partition coefficient (Wildman–Crippen LogP) is 4.21. The quantitative estimate of drug-likeness (QED) is 0.886. The molecule has 2 nitrogen and oxygen atoms in total. The molecule has 18 heavy (non-hydrogen) atoms. The maximum absolute atomic E-state index is 10.3. The molecule has 1 aromatic rings. The van der Waals surface area contributed by atoms with E-state index in [9.17, 15) is 5.11 Å². The van der Waals surface area contributed by atoms with Gasteiger partial charge in [-0.3, -0.25) is 0 Å². The molecule has 1 aliphatic carbocycles. The summed E-state index contributed by atoms with van der Waals surface area (Å²) < 4.78 is 7.16. The van der Waals surface area contributed by atoms with E-state index >= 15 is 0 Å². The Morgan fingerprint density at radius 2 is 2.22 bits per heavy atom. The van der Waals surface area contributed by atoms with E-state index in [1.54, 1.807) is 0 Å².